The maximum atomic E-state index is 4.67. The van der Waals surface area contributed by atoms with E-state index < -0.39 is 0 Å². The van der Waals surface area contributed by atoms with Crippen molar-refractivity contribution in [2.75, 3.05) is 13.6 Å². The number of hydrogen-bond donors (Lipinski definition) is 1. The third-order valence-electron chi connectivity index (χ3n) is 2.71. The molecule has 0 unspecified atom stereocenters. The third-order valence-corrected chi connectivity index (χ3v) is 3.43. The summed E-state index contributed by atoms with van der Waals surface area (Å²) < 4.78 is 3.35. The van der Waals surface area contributed by atoms with Gasteiger partial charge in [-0.1, -0.05) is 12.1 Å². The van der Waals surface area contributed by atoms with Gasteiger partial charge in [0.2, 0.25) is 0 Å². The minimum absolute atomic E-state index is 0.955. The standard InChI is InChI=1S/C13H16IN3/c1-15-8-7-13-16-12(9-17(13)2)10-3-5-11(14)6-4-10/h3-6,9,15H,7-8H2,1-2H3. The van der Waals surface area contributed by atoms with Crippen LogP contribution in [0.3, 0.4) is 0 Å². The van der Waals surface area contributed by atoms with Gasteiger partial charge in [0, 0.05) is 35.3 Å². The number of nitrogens with zero attached hydrogens (tertiary/aromatic N) is 2. The van der Waals surface area contributed by atoms with E-state index in [1.54, 1.807) is 0 Å². The fourth-order valence-corrected chi connectivity index (χ4v) is 2.09. The van der Waals surface area contributed by atoms with E-state index in [1.165, 1.54) is 9.13 Å². The van der Waals surface area contributed by atoms with Crippen LogP contribution in [0.1, 0.15) is 5.82 Å². The molecule has 0 saturated heterocycles. The molecule has 1 aromatic heterocycles. The molecular formula is C13H16IN3. The van der Waals surface area contributed by atoms with Crippen LogP contribution in [-0.2, 0) is 13.5 Å². The zero-order valence-corrected chi connectivity index (χ0v) is 12.2. The minimum Gasteiger partial charge on any atom is -0.337 e. The molecule has 0 aliphatic carbocycles. The van der Waals surface area contributed by atoms with Crippen molar-refractivity contribution in [3.63, 3.8) is 0 Å². The molecule has 2 aromatic rings. The smallest absolute Gasteiger partial charge is 0.110 e. The number of halogens is 1. The van der Waals surface area contributed by atoms with E-state index in [2.05, 4.69) is 67.9 Å². The van der Waals surface area contributed by atoms with Crippen molar-refractivity contribution in [1.82, 2.24) is 14.9 Å². The molecule has 0 spiro atoms. The van der Waals surface area contributed by atoms with E-state index >= 15 is 0 Å². The van der Waals surface area contributed by atoms with E-state index in [0.717, 1.165) is 24.5 Å². The molecule has 0 radical (unpaired) electrons. The molecule has 0 atom stereocenters. The second kappa shape index (κ2) is 5.64. The lowest BCUT2D eigenvalue weighted by Crippen LogP contribution is -2.12. The van der Waals surface area contributed by atoms with Gasteiger partial charge in [0.15, 0.2) is 0 Å². The zero-order valence-electron chi connectivity index (χ0n) is 10.1. The normalized spacial score (nSPS) is 10.8. The van der Waals surface area contributed by atoms with Gasteiger partial charge in [0.1, 0.15) is 5.82 Å². The number of benzene rings is 1. The summed E-state index contributed by atoms with van der Waals surface area (Å²) in [6, 6.07) is 8.45. The topological polar surface area (TPSA) is 29.9 Å². The highest BCUT2D eigenvalue weighted by atomic mass is 127. The number of nitrogens with one attached hydrogen (secondary N) is 1. The summed E-state index contributed by atoms with van der Waals surface area (Å²) in [5.41, 5.74) is 2.23. The summed E-state index contributed by atoms with van der Waals surface area (Å²) in [5.74, 6) is 1.12. The Morgan fingerprint density at radius 3 is 2.65 bits per heavy atom. The molecule has 1 heterocycles. The predicted octanol–water partition coefficient (Wildman–Crippen LogP) is 2.45. The highest BCUT2D eigenvalue weighted by Gasteiger charge is 2.06. The van der Waals surface area contributed by atoms with Crippen molar-refractivity contribution < 1.29 is 0 Å². The Labute approximate surface area is 115 Å². The number of rotatable bonds is 4. The van der Waals surface area contributed by atoms with Crippen LogP contribution >= 0.6 is 22.6 Å². The van der Waals surface area contributed by atoms with Crippen LogP contribution in [0.4, 0.5) is 0 Å². The lowest BCUT2D eigenvalue weighted by atomic mass is 10.2. The van der Waals surface area contributed by atoms with Gasteiger partial charge in [-0.25, -0.2) is 4.98 Å². The number of imidazole rings is 1. The van der Waals surface area contributed by atoms with Crippen LogP contribution in [0.5, 0.6) is 0 Å². The van der Waals surface area contributed by atoms with Gasteiger partial charge in [-0.05, 0) is 41.8 Å². The average molecular weight is 341 g/mol. The zero-order chi connectivity index (χ0) is 12.3. The predicted molar refractivity (Wildman–Crippen MR) is 79.0 cm³/mol. The highest BCUT2D eigenvalue weighted by Crippen LogP contribution is 2.19. The van der Waals surface area contributed by atoms with Crippen molar-refractivity contribution in [2.24, 2.45) is 7.05 Å². The molecule has 0 amide bonds. The molecule has 0 fully saturated rings. The van der Waals surface area contributed by atoms with E-state index in [-0.39, 0.29) is 0 Å². The third kappa shape index (κ3) is 3.07. The molecule has 17 heavy (non-hydrogen) atoms. The molecule has 1 aromatic carbocycles. The van der Waals surface area contributed by atoms with Crippen molar-refractivity contribution in [3.8, 4) is 11.3 Å². The Hall–Kier alpha value is -0.880. The SMILES string of the molecule is CNCCc1nc(-c2ccc(I)cc2)cn1C. The van der Waals surface area contributed by atoms with Crippen molar-refractivity contribution in [1.29, 1.82) is 0 Å². The van der Waals surface area contributed by atoms with E-state index in [0.29, 0.717) is 0 Å². The van der Waals surface area contributed by atoms with Crippen LogP contribution in [0.15, 0.2) is 30.5 Å². The van der Waals surface area contributed by atoms with E-state index in [9.17, 15) is 0 Å². The molecule has 0 aliphatic heterocycles. The fraction of sp³-hybridized carbons (Fsp3) is 0.308. The molecule has 0 saturated carbocycles. The molecule has 2 rings (SSSR count). The number of likely N-dealkylation sites (N-methyl/N-ethyl adjacent to an activating group) is 1. The monoisotopic (exact) mass is 341 g/mol. The minimum atomic E-state index is 0.955. The maximum absolute atomic E-state index is 4.67. The molecule has 90 valence electrons. The first-order valence-corrected chi connectivity index (χ1v) is 6.71. The molecule has 3 nitrogen and oxygen atoms in total. The quantitative estimate of drug-likeness (QED) is 0.866. The highest BCUT2D eigenvalue weighted by molar-refractivity contribution is 14.1. The summed E-state index contributed by atoms with van der Waals surface area (Å²) in [7, 11) is 4.01. The van der Waals surface area contributed by atoms with Crippen LogP contribution in [-0.4, -0.2) is 23.1 Å². The van der Waals surface area contributed by atoms with E-state index in [4.69, 9.17) is 0 Å². The van der Waals surface area contributed by atoms with Gasteiger partial charge in [-0.2, -0.15) is 0 Å². The van der Waals surface area contributed by atoms with Gasteiger partial charge in [-0.3, -0.25) is 0 Å². The van der Waals surface area contributed by atoms with Crippen molar-refractivity contribution >= 4 is 22.6 Å². The Morgan fingerprint density at radius 1 is 1.29 bits per heavy atom. The average Bonchev–Trinajstić information content (AvgIpc) is 2.69. The largest absolute Gasteiger partial charge is 0.337 e. The van der Waals surface area contributed by atoms with Crippen LogP contribution < -0.4 is 5.32 Å². The summed E-state index contributed by atoms with van der Waals surface area (Å²) in [4.78, 5) is 4.67. The summed E-state index contributed by atoms with van der Waals surface area (Å²) >= 11 is 2.31. The Balaban J connectivity index is 2.24. The second-order valence-corrected chi connectivity index (χ2v) is 5.26. The fourth-order valence-electron chi connectivity index (χ4n) is 1.73. The summed E-state index contributed by atoms with van der Waals surface area (Å²) in [6.07, 6.45) is 3.05. The molecule has 0 aliphatic rings. The van der Waals surface area contributed by atoms with Crippen LogP contribution in [0, 0.1) is 3.57 Å². The molecule has 0 bridgehead atoms. The molecule has 4 heteroatoms. The summed E-state index contributed by atoms with van der Waals surface area (Å²) in [5, 5.41) is 3.15. The van der Waals surface area contributed by atoms with Crippen molar-refractivity contribution in [3.05, 3.63) is 39.9 Å². The lowest BCUT2D eigenvalue weighted by Gasteiger charge is -1.99. The second-order valence-electron chi connectivity index (χ2n) is 4.01. The van der Waals surface area contributed by atoms with E-state index in [1.807, 2.05) is 14.1 Å². The maximum Gasteiger partial charge on any atom is 0.110 e. The van der Waals surface area contributed by atoms with Crippen LogP contribution in [0.25, 0.3) is 11.3 Å². The van der Waals surface area contributed by atoms with Crippen molar-refractivity contribution in [2.45, 2.75) is 6.42 Å². The van der Waals surface area contributed by atoms with Gasteiger partial charge in [0.25, 0.3) is 0 Å². The lowest BCUT2D eigenvalue weighted by molar-refractivity contribution is 0.718. The first-order chi connectivity index (χ1) is 8.20. The van der Waals surface area contributed by atoms with Gasteiger partial charge in [-0.15, -0.1) is 0 Å². The Morgan fingerprint density at radius 2 is 2.00 bits per heavy atom. The van der Waals surface area contributed by atoms with Gasteiger partial charge >= 0.3 is 0 Å². The van der Waals surface area contributed by atoms with Crippen LogP contribution in [0.2, 0.25) is 0 Å². The molecule has 1 N–H and O–H groups in total. The number of aromatic nitrogens is 2. The number of aryl methyl sites for hydroxylation is 1. The van der Waals surface area contributed by atoms with Gasteiger partial charge in [0.05, 0.1) is 5.69 Å². The first-order valence-electron chi connectivity index (χ1n) is 5.63. The molecular weight excluding hydrogens is 325 g/mol. The van der Waals surface area contributed by atoms with Gasteiger partial charge < -0.3 is 9.88 Å². The Kier molecular flexibility index (Phi) is 4.17. The first kappa shape index (κ1) is 12.6. The summed E-state index contributed by atoms with van der Waals surface area (Å²) in [6.45, 7) is 0.955. The number of hydrogen-bond acceptors (Lipinski definition) is 2. The Bertz CT molecular complexity index is 488.